The summed E-state index contributed by atoms with van der Waals surface area (Å²) < 4.78 is 39.3. The third kappa shape index (κ3) is 7.13. The average molecular weight is 659 g/mol. The average Bonchev–Trinajstić information content (AvgIpc) is 3.28. The van der Waals surface area contributed by atoms with Crippen LogP contribution >= 0.6 is 0 Å². The lowest BCUT2D eigenvalue weighted by atomic mass is 9.96. The molecule has 2 aliphatic heterocycles. The number of carbonyl (C=O) groups excluding carboxylic acids is 1. The lowest BCUT2D eigenvalue weighted by Crippen LogP contribution is -2.64. The number of unbranched alkanes of at least 4 members (excludes halogenated alkanes) is 1. The molecule has 5 N–H and O–H groups in total. The molecule has 5 atom stereocenters. The van der Waals surface area contributed by atoms with Crippen LogP contribution in [0.5, 0.6) is 5.75 Å². The third-order valence-corrected chi connectivity index (χ3v) is 10.3. The second kappa shape index (κ2) is 14.6. The van der Waals surface area contributed by atoms with Gasteiger partial charge in [0.2, 0.25) is 9.84 Å². The fraction of sp³-hybridized carbons (Fsp3) is 0.500. The van der Waals surface area contributed by atoms with E-state index >= 15 is 0 Å². The number of anilines is 1. The standard InChI is InChI=1S/C32H42N4O9S/c1-3-4-16-44-21-7-9-22(10-8-21)46(42,43)26-18-33-24-11-6-20(17-23(24)28(26)36-13-5-12-35(2)14-15-36)31(40)34-27-30(39)29(38)25(19-37)45-32(27)41/h6-11,17-18,25,27,29-30,32,37-39,41H,3-5,12-16,19H2,1-2H3,(H,34,40). The van der Waals surface area contributed by atoms with Crippen LogP contribution in [-0.4, -0.2) is 122 Å². The molecule has 5 rings (SSSR count). The summed E-state index contributed by atoms with van der Waals surface area (Å²) in [6, 6.07) is 9.58. The predicted molar refractivity (Wildman–Crippen MR) is 170 cm³/mol. The fourth-order valence-electron chi connectivity index (χ4n) is 5.76. The summed E-state index contributed by atoms with van der Waals surface area (Å²) in [5.74, 6) is -0.120. The highest BCUT2D eigenvalue weighted by molar-refractivity contribution is 7.91. The van der Waals surface area contributed by atoms with Crippen molar-refractivity contribution in [1.82, 2.24) is 15.2 Å². The number of benzene rings is 2. The molecule has 2 aromatic carbocycles. The number of fused-ring (bicyclic) bond motifs is 1. The van der Waals surface area contributed by atoms with E-state index < -0.39 is 53.0 Å². The van der Waals surface area contributed by atoms with Gasteiger partial charge in [0, 0.05) is 36.8 Å². The van der Waals surface area contributed by atoms with Crippen molar-refractivity contribution in [3.63, 3.8) is 0 Å². The van der Waals surface area contributed by atoms with E-state index in [0.717, 1.165) is 25.8 Å². The number of hydrogen-bond acceptors (Lipinski definition) is 12. The summed E-state index contributed by atoms with van der Waals surface area (Å²) in [6.45, 7) is 4.62. The zero-order chi connectivity index (χ0) is 33.0. The summed E-state index contributed by atoms with van der Waals surface area (Å²) >= 11 is 0. The minimum Gasteiger partial charge on any atom is -0.494 e. The number of ether oxygens (including phenoxy) is 2. The second-order valence-electron chi connectivity index (χ2n) is 11.8. The number of nitrogens with one attached hydrogen (secondary N) is 1. The number of nitrogens with zero attached hydrogens (tertiary/aromatic N) is 3. The van der Waals surface area contributed by atoms with Gasteiger partial charge in [-0.2, -0.15) is 0 Å². The number of carbonyl (C=O) groups is 1. The number of likely N-dealkylation sites (N-methyl/N-ethyl adjacent to an activating group) is 1. The molecule has 3 aromatic rings. The molecule has 2 saturated heterocycles. The number of pyridine rings is 1. The molecule has 1 aromatic heterocycles. The maximum absolute atomic E-state index is 14.2. The topological polar surface area (TPSA) is 182 Å². The van der Waals surface area contributed by atoms with Crippen LogP contribution in [-0.2, 0) is 14.6 Å². The Kier molecular flexibility index (Phi) is 10.8. The van der Waals surface area contributed by atoms with Crippen molar-refractivity contribution in [2.75, 3.05) is 51.3 Å². The lowest BCUT2D eigenvalue weighted by molar-refractivity contribution is -0.252. The first-order chi connectivity index (χ1) is 22.0. The first kappa shape index (κ1) is 34.0. The molecule has 1 amide bonds. The minimum absolute atomic E-state index is 0.00598. The molecule has 13 nitrogen and oxygen atoms in total. The molecule has 46 heavy (non-hydrogen) atoms. The van der Waals surface area contributed by atoms with Crippen molar-refractivity contribution >= 4 is 32.3 Å². The fourth-order valence-corrected chi connectivity index (χ4v) is 7.19. The van der Waals surface area contributed by atoms with Gasteiger partial charge in [0.1, 0.15) is 35.0 Å². The van der Waals surface area contributed by atoms with E-state index in [1.165, 1.54) is 24.4 Å². The van der Waals surface area contributed by atoms with Crippen molar-refractivity contribution in [2.45, 2.75) is 66.6 Å². The summed E-state index contributed by atoms with van der Waals surface area (Å²) in [5, 5.41) is 43.5. The Morgan fingerprint density at radius 3 is 2.54 bits per heavy atom. The van der Waals surface area contributed by atoms with Gasteiger partial charge in [-0.3, -0.25) is 9.78 Å². The van der Waals surface area contributed by atoms with Crippen LogP contribution in [0.2, 0.25) is 0 Å². The largest absolute Gasteiger partial charge is 0.494 e. The van der Waals surface area contributed by atoms with Crippen molar-refractivity contribution in [3.05, 3.63) is 54.2 Å². The van der Waals surface area contributed by atoms with Gasteiger partial charge in [0.05, 0.1) is 29.3 Å². The van der Waals surface area contributed by atoms with Crippen LogP contribution in [0.15, 0.2) is 58.5 Å². The minimum atomic E-state index is -4.07. The van der Waals surface area contributed by atoms with E-state index in [9.17, 15) is 33.6 Å². The summed E-state index contributed by atoms with van der Waals surface area (Å²) in [7, 11) is -2.06. The highest BCUT2D eigenvalue weighted by atomic mass is 32.2. The maximum Gasteiger partial charge on any atom is 0.251 e. The predicted octanol–water partition coefficient (Wildman–Crippen LogP) is 0.918. The molecule has 0 spiro atoms. The highest BCUT2D eigenvalue weighted by Crippen LogP contribution is 2.37. The quantitative estimate of drug-likeness (QED) is 0.195. The molecule has 250 valence electrons. The van der Waals surface area contributed by atoms with Gasteiger partial charge in [0.15, 0.2) is 6.29 Å². The first-order valence-electron chi connectivity index (χ1n) is 15.5. The normalized spacial score (nSPS) is 24.5. The Labute approximate surface area is 268 Å². The Morgan fingerprint density at radius 2 is 1.83 bits per heavy atom. The van der Waals surface area contributed by atoms with Gasteiger partial charge in [0.25, 0.3) is 5.91 Å². The number of aromatic nitrogens is 1. The number of amides is 1. The van der Waals surface area contributed by atoms with Crippen molar-refractivity contribution in [2.24, 2.45) is 0 Å². The summed E-state index contributed by atoms with van der Waals surface area (Å²) in [4.78, 5) is 22.2. The summed E-state index contributed by atoms with van der Waals surface area (Å²) in [6.07, 6.45) is -2.05. The van der Waals surface area contributed by atoms with Gasteiger partial charge < -0.3 is 45.0 Å². The monoisotopic (exact) mass is 658 g/mol. The van der Waals surface area contributed by atoms with Crippen molar-refractivity contribution in [3.8, 4) is 5.75 Å². The van der Waals surface area contributed by atoms with Gasteiger partial charge in [-0.25, -0.2) is 8.42 Å². The zero-order valence-electron chi connectivity index (χ0n) is 25.9. The lowest BCUT2D eigenvalue weighted by Gasteiger charge is -2.40. The molecule has 2 aliphatic rings. The Balaban J connectivity index is 1.54. The van der Waals surface area contributed by atoms with Crippen molar-refractivity contribution < 1.29 is 43.1 Å². The molecule has 0 saturated carbocycles. The van der Waals surface area contributed by atoms with E-state index in [2.05, 4.69) is 22.1 Å². The van der Waals surface area contributed by atoms with Crippen LogP contribution in [0.1, 0.15) is 36.5 Å². The Bertz CT molecular complexity index is 1620. The number of aliphatic hydroxyl groups excluding tert-OH is 4. The van der Waals surface area contributed by atoms with Gasteiger partial charge in [-0.15, -0.1) is 0 Å². The molecule has 5 unspecified atom stereocenters. The first-order valence-corrected chi connectivity index (χ1v) is 17.0. The smallest absolute Gasteiger partial charge is 0.251 e. The number of hydrogen-bond donors (Lipinski definition) is 5. The summed E-state index contributed by atoms with van der Waals surface area (Å²) in [5.41, 5.74) is 1.02. The van der Waals surface area contributed by atoms with Crippen LogP contribution in [0.3, 0.4) is 0 Å². The molecule has 3 heterocycles. The van der Waals surface area contributed by atoms with Crippen LogP contribution in [0.25, 0.3) is 10.9 Å². The van der Waals surface area contributed by atoms with E-state index in [4.69, 9.17) is 9.47 Å². The van der Waals surface area contributed by atoms with Gasteiger partial charge >= 0.3 is 0 Å². The Morgan fingerprint density at radius 1 is 1.07 bits per heavy atom. The number of sulfone groups is 1. The van der Waals surface area contributed by atoms with Crippen LogP contribution in [0.4, 0.5) is 5.69 Å². The third-order valence-electron chi connectivity index (χ3n) is 8.49. The van der Waals surface area contributed by atoms with Crippen molar-refractivity contribution in [1.29, 1.82) is 0 Å². The van der Waals surface area contributed by atoms with E-state index in [1.54, 1.807) is 24.3 Å². The molecular weight excluding hydrogens is 616 g/mol. The second-order valence-corrected chi connectivity index (χ2v) is 13.7. The van der Waals surface area contributed by atoms with Crippen LogP contribution in [0, 0.1) is 0 Å². The van der Waals surface area contributed by atoms with Gasteiger partial charge in [-0.05, 0) is 68.9 Å². The molecule has 0 radical (unpaired) electrons. The van der Waals surface area contributed by atoms with Crippen LogP contribution < -0.4 is 15.0 Å². The maximum atomic E-state index is 14.2. The molecule has 14 heteroatoms. The van der Waals surface area contributed by atoms with Gasteiger partial charge in [-0.1, -0.05) is 13.3 Å². The van der Waals surface area contributed by atoms with E-state index in [1.807, 2.05) is 11.9 Å². The highest BCUT2D eigenvalue weighted by Gasteiger charge is 2.44. The molecule has 2 fully saturated rings. The van der Waals surface area contributed by atoms with E-state index in [0.29, 0.717) is 48.6 Å². The zero-order valence-corrected chi connectivity index (χ0v) is 26.8. The number of aliphatic hydroxyl groups is 4. The molecule has 0 aliphatic carbocycles. The Hall–Kier alpha value is -3.37. The molecular formula is C32H42N4O9S. The number of rotatable bonds is 10. The van der Waals surface area contributed by atoms with E-state index in [-0.39, 0.29) is 15.4 Å². The SMILES string of the molecule is CCCCOc1ccc(S(=O)(=O)c2cnc3ccc(C(=O)NC4C(O)OC(CO)C(O)C4O)cc3c2N2CCCN(C)CC2)cc1. The molecule has 0 bridgehead atoms.